The highest BCUT2D eigenvalue weighted by Crippen LogP contribution is 2.40. The second-order valence-corrected chi connectivity index (χ2v) is 10.0. The number of nitrogens with two attached hydrogens (primary N) is 1. The maximum atomic E-state index is 13.4. The lowest BCUT2D eigenvalue weighted by Crippen LogP contribution is -2.52. The summed E-state index contributed by atoms with van der Waals surface area (Å²) in [5.41, 5.74) is 6.36. The number of aromatic nitrogens is 1. The van der Waals surface area contributed by atoms with E-state index in [4.69, 9.17) is 5.73 Å². The number of hydrogen-bond acceptors (Lipinski definition) is 5. The van der Waals surface area contributed by atoms with Gasteiger partial charge >= 0.3 is 18.4 Å². The third kappa shape index (κ3) is 5.20. The molecular formula is C23H22F3N5O4S. The zero-order valence-electron chi connectivity index (χ0n) is 19.1. The zero-order valence-corrected chi connectivity index (χ0v) is 19.9. The predicted octanol–water partition coefficient (Wildman–Crippen LogP) is 4.79. The first kappa shape index (κ1) is 25.2. The Balaban J connectivity index is 1.56. The van der Waals surface area contributed by atoms with E-state index < -0.39 is 41.0 Å². The number of halogens is 3. The first-order chi connectivity index (χ1) is 16.9. The van der Waals surface area contributed by atoms with Gasteiger partial charge in [-0.1, -0.05) is 24.3 Å². The summed E-state index contributed by atoms with van der Waals surface area (Å²) < 4.78 is 42.7. The average molecular weight is 522 g/mol. The number of hydrogen-bond donors (Lipinski definition) is 3. The highest BCUT2D eigenvalue weighted by atomic mass is 32.2. The summed E-state index contributed by atoms with van der Waals surface area (Å²) in [5.74, 6) is -0.803. The molecule has 9 nitrogen and oxygen atoms in total. The maximum absolute atomic E-state index is 13.4. The fourth-order valence-electron chi connectivity index (χ4n) is 4.01. The largest absolute Gasteiger partial charge is 0.573 e. The van der Waals surface area contributed by atoms with Gasteiger partial charge in [0.25, 0.3) is 0 Å². The number of rotatable bonds is 4. The molecule has 4 amide bonds. The molecule has 0 radical (unpaired) electrons. The lowest BCUT2D eigenvalue weighted by atomic mass is 10.2. The number of urea groups is 1. The van der Waals surface area contributed by atoms with E-state index in [1.807, 2.05) is 0 Å². The molecule has 1 fully saturated rings. The molecule has 4 N–H and O–H groups in total. The number of para-hydroxylation sites is 1. The van der Waals surface area contributed by atoms with E-state index in [1.165, 1.54) is 39.6 Å². The first-order valence-electron chi connectivity index (χ1n) is 10.7. The molecule has 36 heavy (non-hydrogen) atoms. The van der Waals surface area contributed by atoms with Gasteiger partial charge in [-0.2, -0.15) is 0 Å². The lowest BCUT2D eigenvalue weighted by Gasteiger charge is -2.34. The van der Waals surface area contributed by atoms with Crippen molar-refractivity contribution in [2.24, 2.45) is 5.73 Å². The minimum absolute atomic E-state index is 0.0846. The minimum Gasteiger partial charge on any atom is -0.406 e. The Hall–Kier alpha value is -3.87. The van der Waals surface area contributed by atoms with Gasteiger partial charge < -0.3 is 21.1 Å². The normalized spacial score (nSPS) is 17.1. The van der Waals surface area contributed by atoms with Crippen molar-refractivity contribution in [3.05, 3.63) is 54.7 Å². The fourth-order valence-corrected chi connectivity index (χ4v) is 5.23. The number of carbonyl (C=O) groups is 3. The minimum atomic E-state index is -4.87. The van der Waals surface area contributed by atoms with Crippen LogP contribution in [0.4, 0.5) is 34.1 Å². The number of carbonyl (C=O) groups excluding carboxylic acids is 3. The number of alkyl halides is 3. The van der Waals surface area contributed by atoms with Gasteiger partial charge in [-0.3, -0.25) is 14.3 Å². The second-order valence-electron chi connectivity index (χ2n) is 8.41. The third-order valence-electron chi connectivity index (χ3n) is 5.53. The van der Waals surface area contributed by atoms with E-state index in [0.717, 1.165) is 12.1 Å². The molecule has 1 aromatic heterocycles. The number of primary amides is 1. The average Bonchev–Trinajstić information content (AvgIpc) is 3.30. The van der Waals surface area contributed by atoms with Crippen molar-refractivity contribution in [1.29, 1.82) is 0 Å². The molecule has 1 aliphatic heterocycles. The number of ether oxygens (including phenoxy) is 1. The number of benzene rings is 2. The summed E-state index contributed by atoms with van der Waals surface area (Å²) in [4.78, 5) is 38.9. The van der Waals surface area contributed by atoms with Crippen molar-refractivity contribution in [1.82, 2.24) is 9.47 Å². The molecule has 0 spiro atoms. The summed E-state index contributed by atoms with van der Waals surface area (Å²) in [6.45, 7) is 3.55. The Morgan fingerprint density at radius 3 is 2.53 bits per heavy atom. The van der Waals surface area contributed by atoms with Crippen LogP contribution in [0.15, 0.2) is 54.7 Å². The second kappa shape index (κ2) is 9.30. The van der Waals surface area contributed by atoms with E-state index in [0.29, 0.717) is 16.6 Å². The van der Waals surface area contributed by atoms with Crippen LogP contribution in [0.2, 0.25) is 0 Å². The maximum Gasteiger partial charge on any atom is 0.573 e. The van der Waals surface area contributed by atoms with Crippen LogP contribution < -0.4 is 21.1 Å². The summed E-state index contributed by atoms with van der Waals surface area (Å²) >= 11 is 1.37. The van der Waals surface area contributed by atoms with E-state index in [9.17, 15) is 27.6 Å². The van der Waals surface area contributed by atoms with Crippen LogP contribution in [-0.4, -0.2) is 50.5 Å². The predicted molar refractivity (Wildman–Crippen MR) is 130 cm³/mol. The number of nitrogens with one attached hydrogen (secondary N) is 2. The third-order valence-corrected chi connectivity index (χ3v) is 6.92. The molecule has 0 bridgehead atoms. The summed E-state index contributed by atoms with van der Waals surface area (Å²) in [5, 5.41) is 5.90. The molecule has 1 aliphatic rings. The van der Waals surface area contributed by atoms with Crippen LogP contribution >= 0.6 is 11.8 Å². The van der Waals surface area contributed by atoms with E-state index in [2.05, 4.69) is 15.4 Å². The highest BCUT2D eigenvalue weighted by Gasteiger charge is 2.47. The highest BCUT2D eigenvalue weighted by molar-refractivity contribution is 8.00. The Morgan fingerprint density at radius 2 is 1.83 bits per heavy atom. The molecule has 2 heterocycles. The van der Waals surface area contributed by atoms with Crippen molar-refractivity contribution < 1.29 is 32.3 Å². The van der Waals surface area contributed by atoms with Gasteiger partial charge in [0.2, 0.25) is 5.91 Å². The summed E-state index contributed by atoms with van der Waals surface area (Å²) in [7, 11) is 0. The number of nitrogens with zero attached hydrogens (tertiary/aromatic N) is 2. The van der Waals surface area contributed by atoms with Crippen molar-refractivity contribution in [3.8, 4) is 5.75 Å². The number of amides is 4. The van der Waals surface area contributed by atoms with E-state index >= 15 is 0 Å². The Morgan fingerprint density at radius 1 is 1.11 bits per heavy atom. The Bertz CT molecular complexity index is 1340. The molecule has 4 rings (SSSR count). The van der Waals surface area contributed by atoms with E-state index in [-0.39, 0.29) is 11.4 Å². The van der Waals surface area contributed by atoms with Gasteiger partial charge in [0.15, 0.2) is 0 Å². The smallest absolute Gasteiger partial charge is 0.406 e. The van der Waals surface area contributed by atoms with Crippen molar-refractivity contribution in [2.45, 2.75) is 31.1 Å². The van der Waals surface area contributed by atoms with Crippen molar-refractivity contribution in [3.63, 3.8) is 0 Å². The molecular weight excluding hydrogens is 499 g/mol. The van der Waals surface area contributed by atoms with E-state index in [1.54, 1.807) is 38.1 Å². The van der Waals surface area contributed by atoms with Crippen LogP contribution in [0.25, 0.3) is 10.9 Å². The number of fused-ring (bicyclic) bond motifs is 1. The molecule has 1 atom stereocenters. The van der Waals surface area contributed by atoms with Crippen LogP contribution in [-0.2, 0) is 4.79 Å². The van der Waals surface area contributed by atoms with Gasteiger partial charge in [0.05, 0.1) is 16.1 Å². The van der Waals surface area contributed by atoms with Gasteiger partial charge in [-0.25, -0.2) is 9.59 Å². The molecule has 3 aromatic rings. The standard InChI is InChI=1S/C23H22F3N5O4S/c1-22(2)31(21(34)29-16-11-30(20(27)33)17-9-4-3-8-15(16)17)18(12-36-22)19(32)28-13-6-5-7-14(10-13)35-23(24,25)26/h3-11,18H,12H2,1-2H3,(H2,27,33)(H,28,32)(H,29,34). The zero-order chi connectivity index (χ0) is 26.3. The number of thioether (sulfide) groups is 1. The van der Waals surface area contributed by atoms with Crippen LogP contribution in [0.3, 0.4) is 0 Å². The molecule has 13 heteroatoms. The van der Waals surface area contributed by atoms with Crippen LogP contribution in [0, 0.1) is 0 Å². The quantitative estimate of drug-likeness (QED) is 0.456. The Kier molecular flexibility index (Phi) is 6.52. The van der Waals surface area contributed by atoms with Gasteiger partial charge in [0, 0.05) is 29.1 Å². The molecule has 2 aromatic carbocycles. The van der Waals surface area contributed by atoms with Crippen molar-refractivity contribution >= 4 is 52.0 Å². The number of anilines is 2. The molecule has 1 saturated heterocycles. The molecule has 190 valence electrons. The van der Waals surface area contributed by atoms with Gasteiger partial charge in [0.1, 0.15) is 11.8 Å². The topological polar surface area (TPSA) is 119 Å². The molecule has 0 saturated carbocycles. The summed E-state index contributed by atoms with van der Waals surface area (Å²) in [6, 6.07) is 9.50. The lowest BCUT2D eigenvalue weighted by molar-refractivity contribution is -0.274. The SMILES string of the molecule is CC1(C)SCC(C(=O)Nc2cccc(OC(F)(F)F)c2)N1C(=O)Nc1cn(C(N)=O)c2ccccc12. The van der Waals surface area contributed by atoms with Gasteiger partial charge in [-0.15, -0.1) is 24.9 Å². The summed E-state index contributed by atoms with van der Waals surface area (Å²) in [6.07, 6.45) is -3.47. The first-order valence-corrected chi connectivity index (χ1v) is 11.6. The van der Waals surface area contributed by atoms with Crippen molar-refractivity contribution in [2.75, 3.05) is 16.4 Å². The fraction of sp³-hybridized carbons (Fsp3) is 0.261. The molecule has 1 unspecified atom stereocenters. The van der Waals surface area contributed by atoms with Gasteiger partial charge in [-0.05, 0) is 32.0 Å². The molecule has 0 aliphatic carbocycles. The monoisotopic (exact) mass is 521 g/mol. The van der Waals surface area contributed by atoms with Crippen LogP contribution in [0.1, 0.15) is 13.8 Å². The van der Waals surface area contributed by atoms with Crippen LogP contribution in [0.5, 0.6) is 5.75 Å². The Labute approximate surface area is 207 Å².